The first kappa shape index (κ1) is 17.7. The predicted octanol–water partition coefficient (Wildman–Crippen LogP) is 3.33. The molecule has 2 N–H and O–H groups in total. The van der Waals surface area contributed by atoms with E-state index in [-0.39, 0.29) is 16.7 Å². The number of aromatic amines is 1. The van der Waals surface area contributed by atoms with Gasteiger partial charge in [-0.3, -0.25) is 9.59 Å². The molecule has 0 spiro atoms. The molecule has 1 aliphatic carbocycles. The number of amides is 1. The summed E-state index contributed by atoms with van der Waals surface area (Å²) in [7, 11) is 0. The van der Waals surface area contributed by atoms with Crippen molar-refractivity contribution in [2.75, 3.05) is 5.32 Å². The minimum Gasteiger partial charge on any atom is -0.325 e. The molecule has 1 aromatic carbocycles. The standard InChI is InChI=1S/C19H23N3O2S/c1-3-12-8-10-13(11-9-12)20-18(24)16(4-2)25-19-21-15-7-5-6-14(15)17(23)22-19/h8-11,16H,3-7H2,1-2H3,(H,20,24)(H,21,22,23). The number of H-pyrrole nitrogens is 1. The number of hydrogen-bond acceptors (Lipinski definition) is 4. The van der Waals surface area contributed by atoms with Crippen LogP contribution in [0.5, 0.6) is 0 Å². The molecule has 1 aromatic heterocycles. The van der Waals surface area contributed by atoms with Crippen molar-refractivity contribution < 1.29 is 4.79 Å². The maximum absolute atomic E-state index is 12.6. The topological polar surface area (TPSA) is 74.8 Å². The van der Waals surface area contributed by atoms with Crippen molar-refractivity contribution in [2.24, 2.45) is 0 Å². The van der Waals surface area contributed by atoms with Gasteiger partial charge in [0.1, 0.15) is 0 Å². The van der Waals surface area contributed by atoms with E-state index in [1.165, 1.54) is 17.3 Å². The summed E-state index contributed by atoms with van der Waals surface area (Å²) in [6, 6.07) is 7.87. The molecule has 6 heteroatoms. The lowest BCUT2D eigenvalue weighted by Gasteiger charge is -2.14. The van der Waals surface area contributed by atoms with Gasteiger partial charge in [-0.05, 0) is 49.8 Å². The highest BCUT2D eigenvalue weighted by Gasteiger charge is 2.22. The van der Waals surface area contributed by atoms with Crippen LogP contribution >= 0.6 is 11.8 Å². The number of anilines is 1. The summed E-state index contributed by atoms with van der Waals surface area (Å²) in [6.07, 6.45) is 4.25. The van der Waals surface area contributed by atoms with Crippen molar-refractivity contribution in [2.45, 2.75) is 56.4 Å². The number of rotatable bonds is 6. The first-order chi connectivity index (χ1) is 12.1. The van der Waals surface area contributed by atoms with Crippen LogP contribution in [0.25, 0.3) is 0 Å². The number of carbonyl (C=O) groups is 1. The molecule has 0 saturated carbocycles. The fourth-order valence-corrected chi connectivity index (χ4v) is 3.89. The van der Waals surface area contributed by atoms with E-state index < -0.39 is 0 Å². The Morgan fingerprint density at radius 1 is 1.28 bits per heavy atom. The monoisotopic (exact) mass is 357 g/mol. The highest BCUT2D eigenvalue weighted by atomic mass is 32.2. The summed E-state index contributed by atoms with van der Waals surface area (Å²) in [6.45, 7) is 4.06. The Kier molecular flexibility index (Phi) is 5.58. The summed E-state index contributed by atoms with van der Waals surface area (Å²) in [5.74, 6) is -0.0695. The molecule has 5 nitrogen and oxygen atoms in total. The third-order valence-corrected chi connectivity index (χ3v) is 5.72. The molecule has 25 heavy (non-hydrogen) atoms. The molecule has 3 rings (SSSR count). The van der Waals surface area contributed by atoms with Gasteiger partial charge in [0.15, 0.2) is 5.16 Å². The Labute approximate surface area is 151 Å². The second-order valence-electron chi connectivity index (χ2n) is 6.20. The van der Waals surface area contributed by atoms with E-state index in [1.807, 2.05) is 31.2 Å². The van der Waals surface area contributed by atoms with Gasteiger partial charge in [-0.2, -0.15) is 0 Å². The van der Waals surface area contributed by atoms with Gasteiger partial charge in [-0.1, -0.05) is 37.7 Å². The highest BCUT2D eigenvalue weighted by molar-refractivity contribution is 8.00. The quantitative estimate of drug-likeness (QED) is 0.614. The highest BCUT2D eigenvalue weighted by Crippen LogP contribution is 2.25. The van der Waals surface area contributed by atoms with Crippen LogP contribution in [0.1, 0.15) is 43.5 Å². The zero-order valence-corrected chi connectivity index (χ0v) is 15.4. The Balaban J connectivity index is 1.70. The van der Waals surface area contributed by atoms with Crippen LogP contribution in [0, 0.1) is 0 Å². The maximum atomic E-state index is 12.6. The summed E-state index contributed by atoms with van der Waals surface area (Å²) in [4.78, 5) is 32.0. The van der Waals surface area contributed by atoms with E-state index in [1.54, 1.807) is 0 Å². The van der Waals surface area contributed by atoms with E-state index in [4.69, 9.17) is 0 Å². The van der Waals surface area contributed by atoms with Crippen LogP contribution in [-0.2, 0) is 24.1 Å². The Morgan fingerprint density at radius 3 is 2.72 bits per heavy atom. The molecule has 2 aromatic rings. The van der Waals surface area contributed by atoms with Gasteiger partial charge >= 0.3 is 0 Å². The third-order valence-electron chi connectivity index (χ3n) is 4.47. The average molecular weight is 357 g/mol. The molecule has 1 amide bonds. The minimum absolute atomic E-state index is 0.0598. The Hall–Kier alpha value is -2.08. The molecule has 132 valence electrons. The van der Waals surface area contributed by atoms with E-state index in [2.05, 4.69) is 22.2 Å². The normalized spacial score (nSPS) is 14.2. The van der Waals surface area contributed by atoms with Crippen LogP contribution in [0.3, 0.4) is 0 Å². The van der Waals surface area contributed by atoms with Crippen molar-refractivity contribution >= 4 is 23.4 Å². The van der Waals surface area contributed by atoms with E-state index in [9.17, 15) is 9.59 Å². The summed E-state index contributed by atoms with van der Waals surface area (Å²) < 4.78 is 0. The number of hydrogen-bond donors (Lipinski definition) is 2. The number of nitrogens with one attached hydrogen (secondary N) is 2. The molecule has 0 radical (unpaired) electrons. The second kappa shape index (κ2) is 7.87. The number of nitrogens with zero attached hydrogens (tertiary/aromatic N) is 1. The molecule has 1 unspecified atom stereocenters. The average Bonchev–Trinajstić information content (AvgIpc) is 3.09. The fraction of sp³-hybridized carbons (Fsp3) is 0.421. The maximum Gasteiger partial charge on any atom is 0.254 e. The number of aryl methyl sites for hydroxylation is 2. The van der Waals surface area contributed by atoms with E-state index in [0.29, 0.717) is 11.6 Å². The van der Waals surface area contributed by atoms with Gasteiger partial charge in [0, 0.05) is 11.3 Å². The van der Waals surface area contributed by atoms with Crippen molar-refractivity contribution in [3.8, 4) is 0 Å². The molecule has 0 bridgehead atoms. The third kappa shape index (κ3) is 4.12. The Bertz CT molecular complexity index is 814. The van der Waals surface area contributed by atoms with Crippen LogP contribution in [-0.4, -0.2) is 21.1 Å². The molecular weight excluding hydrogens is 334 g/mol. The second-order valence-corrected chi connectivity index (χ2v) is 7.40. The number of thioether (sulfide) groups is 1. The first-order valence-electron chi connectivity index (χ1n) is 8.79. The minimum atomic E-state index is -0.298. The van der Waals surface area contributed by atoms with Gasteiger partial charge in [-0.15, -0.1) is 0 Å². The van der Waals surface area contributed by atoms with Crippen molar-refractivity contribution in [3.63, 3.8) is 0 Å². The van der Waals surface area contributed by atoms with Gasteiger partial charge in [-0.25, -0.2) is 4.98 Å². The lowest BCUT2D eigenvalue weighted by molar-refractivity contribution is -0.115. The first-order valence-corrected chi connectivity index (χ1v) is 9.67. The fourth-order valence-electron chi connectivity index (χ4n) is 2.98. The summed E-state index contributed by atoms with van der Waals surface area (Å²) >= 11 is 1.33. The van der Waals surface area contributed by atoms with Gasteiger partial charge in [0.2, 0.25) is 5.91 Å². The Morgan fingerprint density at radius 2 is 2.04 bits per heavy atom. The SMILES string of the molecule is CCc1ccc(NC(=O)C(CC)Sc2nc3c(c(=O)[nH]2)CCC3)cc1. The molecule has 1 atom stereocenters. The number of aromatic nitrogens is 2. The lowest BCUT2D eigenvalue weighted by atomic mass is 10.1. The summed E-state index contributed by atoms with van der Waals surface area (Å²) in [5, 5.41) is 3.19. The molecule has 0 fully saturated rings. The zero-order valence-electron chi connectivity index (χ0n) is 14.6. The molecule has 0 saturated heterocycles. The molecule has 1 aliphatic rings. The van der Waals surface area contributed by atoms with Crippen molar-refractivity contribution in [1.82, 2.24) is 9.97 Å². The molecule has 0 aliphatic heterocycles. The van der Waals surface area contributed by atoms with Crippen molar-refractivity contribution in [1.29, 1.82) is 0 Å². The van der Waals surface area contributed by atoms with Gasteiger partial charge < -0.3 is 10.3 Å². The number of fused-ring (bicyclic) bond motifs is 1. The van der Waals surface area contributed by atoms with Gasteiger partial charge in [0.25, 0.3) is 5.56 Å². The van der Waals surface area contributed by atoms with Crippen molar-refractivity contribution in [3.05, 3.63) is 51.4 Å². The smallest absolute Gasteiger partial charge is 0.254 e. The van der Waals surface area contributed by atoms with E-state index in [0.717, 1.165) is 42.6 Å². The number of benzene rings is 1. The van der Waals surface area contributed by atoms with E-state index >= 15 is 0 Å². The number of carbonyl (C=O) groups excluding carboxylic acids is 1. The zero-order chi connectivity index (χ0) is 17.8. The van der Waals surface area contributed by atoms with Gasteiger partial charge in [0.05, 0.1) is 10.9 Å². The largest absolute Gasteiger partial charge is 0.325 e. The van der Waals surface area contributed by atoms with Crippen LogP contribution < -0.4 is 10.9 Å². The van der Waals surface area contributed by atoms with Crippen LogP contribution in [0.15, 0.2) is 34.2 Å². The van der Waals surface area contributed by atoms with Crippen LogP contribution in [0.4, 0.5) is 5.69 Å². The molecule has 1 heterocycles. The predicted molar refractivity (Wildman–Crippen MR) is 101 cm³/mol. The lowest BCUT2D eigenvalue weighted by Crippen LogP contribution is -2.25. The summed E-state index contributed by atoms with van der Waals surface area (Å²) in [5.41, 5.74) is 3.65. The van der Waals surface area contributed by atoms with Crippen LogP contribution in [0.2, 0.25) is 0 Å². The molecular formula is C19H23N3O2S.